The molecule has 0 bridgehead atoms. The molecule has 156 valence electrons. The van der Waals surface area contributed by atoms with E-state index in [1.807, 2.05) is 7.05 Å². The lowest BCUT2D eigenvalue weighted by Crippen LogP contribution is -2.53. The molecule has 2 saturated heterocycles. The first-order valence-electron chi connectivity index (χ1n) is 9.37. The number of hydrogen-bond donors (Lipinski definition) is 1. The van der Waals surface area contributed by atoms with Crippen molar-refractivity contribution < 1.29 is 18.7 Å². The molecule has 0 radical (unpaired) electrons. The van der Waals surface area contributed by atoms with Crippen molar-refractivity contribution in [2.24, 2.45) is 0 Å². The van der Waals surface area contributed by atoms with E-state index in [0.717, 1.165) is 13.1 Å². The first-order valence-corrected chi connectivity index (χ1v) is 10.1. The summed E-state index contributed by atoms with van der Waals surface area (Å²) in [5.74, 6) is -0.969. The highest BCUT2D eigenvalue weighted by Crippen LogP contribution is 2.35. The molecule has 1 N–H and O–H groups in total. The Morgan fingerprint density at radius 1 is 1.14 bits per heavy atom. The predicted molar refractivity (Wildman–Crippen MR) is 108 cm³/mol. The summed E-state index contributed by atoms with van der Waals surface area (Å²) in [6, 6.07) is 2.72. The number of rotatable bonds is 4. The molecule has 0 unspecified atom stereocenters. The number of aromatic amines is 1. The smallest absolute Gasteiger partial charge is 0.271 e. The molecule has 7 nitrogen and oxygen atoms in total. The van der Waals surface area contributed by atoms with Crippen molar-refractivity contribution in [3.05, 3.63) is 33.7 Å². The Morgan fingerprint density at radius 3 is 2.45 bits per heavy atom. The predicted octanol–water partition coefficient (Wildman–Crippen LogP) is 2.23. The standard InChI is InChI=1S/C19H21Cl2FN4O3/c1-24-8-11(9-24)29-10-14(27)25-4-6-26(7-5-25)19(28)18-17(21)15-13(23-18)3-2-12(22)16(15)20/h2-3,11,23H,4-10H2,1H3. The summed E-state index contributed by atoms with van der Waals surface area (Å²) in [6.45, 7) is 3.35. The molecule has 0 atom stereocenters. The summed E-state index contributed by atoms with van der Waals surface area (Å²) in [4.78, 5) is 33.6. The van der Waals surface area contributed by atoms with Crippen LogP contribution in [0.5, 0.6) is 0 Å². The minimum absolute atomic E-state index is 0.0599. The lowest BCUT2D eigenvalue weighted by molar-refractivity contribution is -0.143. The average Bonchev–Trinajstić information content (AvgIpc) is 3.03. The van der Waals surface area contributed by atoms with Gasteiger partial charge in [0.25, 0.3) is 5.91 Å². The number of aromatic nitrogens is 1. The van der Waals surface area contributed by atoms with Gasteiger partial charge < -0.3 is 24.4 Å². The zero-order valence-electron chi connectivity index (χ0n) is 15.9. The minimum atomic E-state index is -0.595. The summed E-state index contributed by atoms with van der Waals surface area (Å²) in [6.07, 6.45) is 0.118. The molecule has 1 aromatic carbocycles. The van der Waals surface area contributed by atoms with Gasteiger partial charge in [-0.25, -0.2) is 4.39 Å². The maximum Gasteiger partial charge on any atom is 0.271 e. The zero-order chi connectivity index (χ0) is 20.7. The number of halogens is 3. The number of benzene rings is 1. The van der Waals surface area contributed by atoms with Gasteiger partial charge in [0.1, 0.15) is 18.1 Å². The number of ether oxygens (including phenoxy) is 1. The molecule has 3 heterocycles. The van der Waals surface area contributed by atoms with Gasteiger partial charge in [-0.3, -0.25) is 9.59 Å². The van der Waals surface area contributed by atoms with Crippen LogP contribution in [0.4, 0.5) is 4.39 Å². The number of fused-ring (bicyclic) bond motifs is 1. The molecule has 10 heteroatoms. The summed E-state index contributed by atoms with van der Waals surface area (Å²) in [5, 5.41) is 0.284. The van der Waals surface area contributed by atoms with Gasteiger partial charge >= 0.3 is 0 Å². The highest BCUT2D eigenvalue weighted by Gasteiger charge is 2.30. The van der Waals surface area contributed by atoms with Gasteiger partial charge in [0.05, 0.1) is 16.1 Å². The Hall–Kier alpha value is -1.87. The summed E-state index contributed by atoms with van der Waals surface area (Å²) >= 11 is 12.3. The van der Waals surface area contributed by atoms with Crippen molar-refractivity contribution in [2.45, 2.75) is 6.10 Å². The van der Waals surface area contributed by atoms with Crippen LogP contribution < -0.4 is 0 Å². The zero-order valence-corrected chi connectivity index (χ0v) is 17.4. The molecule has 0 spiro atoms. The van der Waals surface area contributed by atoms with Crippen molar-refractivity contribution in [3.63, 3.8) is 0 Å². The molecule has 2 aliphatic heterocycles. The molecule has 0 saturated carbocycles. The topological polar surface area (TPSA) is 68.9 Å². The van der Waals surface area contributed by atoms with E-state index in [4.69, 9.17) is 27.9 Å². The van der Waals surface area contributed by atoms with Crippen molar-refractivity contribution >= 4 is 45.9 Å². The van der Waals surface area contributed by atoms with Crippen LogP contribution in [0, 0.1) is 5.82 Å². The van der Waals surface area contributed by atoms with Crippen LogP contribution in [-0.4, -0.2) is 90.5 Å². The number of hydrogen-bond acceptors (Lipinski definition) is 4. The minimum Gasteiger partial charge on any atom is -0.366 e. The third-order valence-electron chi connectivity index (χ3n) is 5.40. The van der Waals surface area contributed by atoms with Gasteiger partial charge in [-0.1, -0.05) is 23.2 Å². The fourth-order valence-corrected chi connectivity index (χ4v) is 4.31. The molecule has 2 aliphatic rings. The Balaban J connectivity index is 1.37. The molecular weight excluding hydrogens is 422 g/mol. The van der Waals surface area contributed by atoms with Crippen molar-refractivity contribution in [2.75, 3.05) is 52.9 Å². The molecule has 2 aromatic rings. The first kappa shape index (κ1) is 20.4. The van der Waals surface area contributed by atoms with E-state index >= 15 is 0 Å². The Bertz CT molecular complexity index is 953. The van der Waals surface area contributed by atoms with Crippen LogP contribution in [-0.2, 0) is 9.53 Å². The van der Waals surface area contributed by atoms with Gasteiger partial charge in [0.2, 0.25) is 5.91 Å². The Morgan fingerprint density at radius 2 is 1.79 bits per heavy atom. The lowest BCUT2D eigenvalue weighted by Gasteiger charge is -2.37. The van der Waals surface area contributed by atoms with E-state index in [1.54, 1.807) is 9.80 Å². The molecule has 4 rings (SSSR count). The fourth-order valence-electron chi connectivity index (χ4n) is 3.68. The van der Waals surface area contributed by atoms with Crippen LogP contribution in [0.1, 0.15) is 10.5 Å². The second-order valence-corrected chi connectivity index (χ2v) is 8.18. The number of amides is 2. The maximum atomic E-state index is 13.7. The summed E-state index contributed by atoms with van der Waals surface area (Å²) < 4.78 is 19.3. The number of likely N-dealkylation sites (tertiary alicyclic amines) is 1. The number of nitrogens with zero attached hydrogens (tertiary/aromatic N) is 3. The van der Waals surface area contributed by atoms with E-state index in [9.17, 15) is 14.0 Å². The molecule has 29 heavy (non-hydrogen) atoms. The number of carbonyl (C=O) groups excluding carboxylic acids is 2. The van der Waals surface area contributed by atoms with E-state index in [1.165, 1.54) is 12.1 Å². The van der Waals surface area contributed by atoms with Gasteiger partial charge in [-0.05, 0) is 19.2 Å². The monoisotopic (exact) mass is 442 g/mol. The second-order valence-electron chi connectivity index (χ2n) is 7.43. The van der Waals surface area contributed by atoms with Gasteiger partial charge in [-0.15, -0.1) is 0 Å². The first-order chi connectivity index (χ1) is 13.8. The van der Waals surface area contributed by atoms with Crippen LogP contribution in [0.15, 0.2) is 12.1 Å². The van der Waals surface area contributed by atoms with Gasteiger partial charge in [0, 0.05) is 50.2 Å². The van der Waals surface area contributed by atoms with Crippen LogP contribution in [0.3, 0.4) is 0 Å². The third-order valence-corrected chi connectivity index (χ3v) is 6.15. The van der Waals surface area contributed by atoms with E-state index in [-0.39, 0.29) is 40.3 Å². The summed E-state index contributed by atoms with van der Waals surface area (Å²) in [7, 11) is 2.00. The summed E-state index contributed by atoms with van der Waals surface area (Å²) in [5.41, 5.74) is 0.670. The molecule has 0 aliphatic carbocycles. The van der Waals surface area contributed by atoms with E-state index in [0.29, 0.717) is 37.1 Å². The Labute approximate surface area is 177 Å². The average molecular weight is 443 g/mol. The van der Waals surface area contributed by atoms with Gasteiger partial charge in [-0.2, -0.15) is 0 Å². The lowest BCUT2D eigenvalue weighted by atomic mass is 10.2. The van der Waals surface area contributed by atoms with E-state index < -0.39 is 5.82 Å². The van der Waals surface area contributed by atoms with Crippen LogP contribution in [0.2, 0.25) is 10.0 Å². The van der Waals surface area contributed by atoms with Crippen LogP contribution >= 0.6 is 23.2 Å². The fraction of sp³-hybridized carbons (Fsp3) is 0.474. The molecule has 1 aromatic heterocycles. The SMILES string of the molecule is CN1CC(OCC(=O)N2CCN(C(=O)c3[nH]c4ccc(F)c(Cl)c4c3Cl)CC2)C1. The van der Waals surface area contributed by atoms with Crippen molar-refractivity contribution in [1.29, 1.82) is 0 Å². The van der Waals surface area contributed by atoms with E-state index in [2.05, 4.69) is 9.88 Å². The molecule has 2 fully saturated rings. The number of nitrogens with one attached hydrogen (secondary N) is 1. The number of carbonyl (C=O) groups is 2. The normalized spacial score (nSPS) is 18.3. The van der Waals surface area contributed by atoms with Crippen molar-refractivity contribution in [1.82, 2.24) is 19.7 Å². The highest BCUT2D eigenvalue weighted by molar-refractivity contribution is 6.44. The van der Waals surface area contributed by atoms with Gasteiger partial charge in [0.15, 0.2) is 0 Å². The number of likely N-dealkylation sites (N-methyl/N-ethyl adjacent to an activating group) is 1. The highest BCUT2D eigenvalue weighted by atomic mass is 35.5. The number of H-pyrrole nitrogens is 1. The Kier molecular flexibility index (Phi) is 5.70. The molecular formula is C19H21Cl2FN4O3. The van der Waals surface area contributed by atoms with Crippen molar-refractivity contribution in [3.8, 4) is 0 Å². The van der Waals surface area contributed by atoms with Crippen LogP contribution in [0.25, 0.3) is 10.9 Å². The largest absolute Gasteiger partial charge is 0.366 e. The third kappa shape index (κ3) is 3.94. The molecule has 2 amide bonds. The second kappa shape index (κ2) is 8.10. The quantitative estimate of drug-likeness (QED) is 0.787. The number of piperazine rings is 1. The maximum absolute atomic E-state index is 13.7.